The lowest BCUT2D eigenvalue weighted by Crippen LogP contribution is -2.14. The molecule has 4 aromatic rings. The third kappa shape index (κ3) is 5.10. The Morgan fingerprint density at radius 3 is 2.55 bits per heavy atom. The molecule has 0 radical (unpaired) electrons. The van der Waals surface area contributed by atoms with E-state index >= 15 is 0 Å². The van der Waals surface area contributed by atoms with Crippen LogP contribution in [-0.4, -0.2) is 38.8 Å². The first-order valence-corrected chi connectivity index (χ1v) is 10.7. The Kier molecular flexibility index (Phi) is 6.28. The zero-order valence-corrected chi connectivity index (χ0v) is 17.6. The van der Waals surface area contributed by atoms with Crippen molar-refractivity contribution in [3.8, 4) is 11.3 Å². The number of rotatable bonds is 7. The van der Waals surface area contributed by atoms with Crippen molar-refractivity contribution in [3.05, 3.63) is 78.5 Å². The molecule has 31 heavy (non-hydrogen) atoms. The van der Waals surface area contributed by atoms with Gasteiger partial charge in [0.15, 0.2) is 5.65 Å². The average molecular weight is 433 g/mol. The first-order valence-electron chi connectivity index (χ1n) is 9.74. The maximum Gasteiger partial charge on any atom is 0.338 e. The van der Waals surface area contributed by atoms with Crippen molar-refractivity contribution in [1.29, 1.82) is 0 Å². The van der Waals surface area contributed by atoms with Crippen molar-refractivity contribution in [1.82, 2.24) is 14.6 Å². The molecule has 0 aliphatic heterocycles. The second-order valence-electron chi connectivity index (χ2n) is 6.60. The molecule has 0 unspecified atom stereocenters. The van der Waals surface area contributed by atoms with Crippen LogP contribution in [0.4, 0.5) is 5.69 Å². The normalized spacial score (nSPS) is 10.7. The molecule has 0 saturated heterocycles. The van der Waals surface area contributed by atoms with Crippen LogP contribution in [0.3, 0.4) is 0 Å². The summed E-state index contributed by atoms with van der Waals surface area (Å²) in [7, 11) is 0. The Balaban J connectivity index is 1.36. The molecular formula is C23H20N4O3S. The van der Waals surface area contributed by atoms with Crippen molar-refractivity contribution in [2.24, 2.45) is 0 Å². The number of nitrogens with zero attached hydrogens (tertiary/aromatic N) is 3. The first kappa shape index (κ1) is 20.6. The highest BCUT2D eigenvalue weighted by atomic mass is 32.2. The van der Waals surface area contributed by atoms with Gasteiger partial charge in [-0.1, -0.05) is 42.1 Å². The van der Waals surface area contributed by atoms with Crippen LogP contribution >= 0.6 is 11.8 Å². The Labute approximate surface area is 183 Å². The molecule has 2 heterocycles. The van der Waals surface area contributed by atoms with Gasteiger partial charge in [-0.3, -0.25) is 4.79 Å². The standard InChI is InChI=1S/C23H20N4O3S/c1-2-30-23(29)17-8-10-18(11-9-17)24-21(28)15-31-22-13-12-20-25-19(14-27(20)26-22)16-6-4-3-5-7-16/h3-14H,2,15H2,1H3,(H,24,28). The molecular weight excluding hydrogens is 412 g/mol. The van der Waals surface area contributed by atoms with E-state index in [1.165, 1.54) is 11.8 Å². The highest BCUT2D eigenvalue weighted by Gasteiger charge is 2.10. The number of benzene rings is 2. The Hall–Kier alpha value is -3.65. The van der Waals surface area contributed by atoms with Gasteiger partial charge in [-0.2, -0.15) is 5.10 Å². The van der Waals surface area contributed by atoms with E-state index < -0.39 is 0 Å². The maximum atomic E-state index is 12.3. The zero-order chi connectivity index (χ0) is 21.6. The quantitative estimate of drug-likeness (QED) is 0.346. The lowest BCUT2D eigenvalue weighted by Gasteiger charge is -2.06. The second kappa shape index (κ2) is 9.44. The van der Waals surface area contributed by atoms with Crippen molar-refractivity contribution in [2.75, 3.05) is 17.7 Å². The van der Waals surface area contributed by atoms with Crippen LogP contribution in [0.25, 0.3) is 16.9 Å². The van der Waals surface area contributed by atoms with Crippen molar-refractivity contribution < 1.29 is 14.3 Å². The fraction of sp³-hybridized carbons (Fsp3) is 0.130. The number of amides is 1. The molecule has 0 aliphatic carbocycles. The highest BCUT2D eigenvalue weighted by molar-refractivity contribution is 7.99. The first-order chi connectivity index (χ1) is 15.1. The van der Waals surface area contributed by atoms with E-state index in [9.17, 15) is 9.59 Å². The van der Waals surface area contributed by atoms with Crippen LogP contribution in [0.5, 0.6) is 0 Å². The summed E-state index contributed by atoms with van der Waals surface area (Å²) in [5.41, 5.74) is 3.68. The summed E-state index contributed by atoms with van der Waals surface area (Å²) in [5.74, 6) is -0.336. The number of hydrogen-bond acceptors (Lipinski definition) is 6. The number of ether oxygens (including phenoxy) is 1. The van der Waals surface area contributed by atoms with E-state index in [1.54, 1.807) is 35.7 Å². The van der Waals surface area contributed by atoms with E-state index in [2.05, 4.69) is 15.4 Å². The van der Waals surface area contributed by atoms with Crippen LogP contribution in [0.1, 0.15) is 17.3 Å². The van der Waals surface area contributed by atoms with E-state index in [-0.39, 0.29) is 17.6 Å². The van der Waals surface area contributed by atoms with E-state index in [1.807, 2.05) is 48.7 Å². The molecule has 1 amide bonds. The SMILES string of the molecule is CCOC(=O)c1ccc(NC(=O)CSc2ccc3nc(-c4ccccc4)cn3n2)cc1. The number of aromatic nitrogens is 3. The van der Waals surface area contributed by atoms with Gasteiger partial charge in [0.25, 0.3) is 0 Å². The van der Waals surface area contributed by atoms with Gasteiger partial charge in [-0.15, -0.1) is 0 Å². The fourth-order valence-electron chi connectivity index (χ4n) is 2.93. The third-order valence-corrected chi connectivity index (χ3v) is 5.32. The zero-order valence-electron chi connectivity index (χ0n) is 16.8. The molecule has 1 N–H and O–H groups in total. The monoisotopic (exact) mass is 432 g/mol. The van der Waals surface area contributed by atoms with Gasteiger partial charge < -0.3 is 10.1 Å². The van der Waals surface area contributed by atoms with E-state index in [4.69, 9.17) is 4.74 Å². The average Bonchev–Trinajstić information content (AvgIpc) is 3.22. The molecule has 2 aromatic heterocycles. The predicted octanol–water partition coefficient (Wildman–Crippen LogP) is 4.30. The number of carbonyl (C=O) groups excluding carboxylic acids is 2. The minimum Gasteiger partial charge on any atom is -0.462 e. The molecule has 156 valence electrons. The number of esters is 1. The summed E-state index contributed by atoms with van der Waals surface area (Å²) in [4.78, 5) is 28.6. The van der Waals surface area contributed by atoms with Gasteiger partial charge in [0.2, 0.25) is 5.91 Å². The van der Waals surface area contributed by atoms with Crippen molar-refractivity contribution >= 4 is 35.0 Å². The number of hydrogen-bond donors (Lipinski definition) is 1. The second-order valence-corrected chi connectivity index (χ2v) is 7.60. The van der Waals surface area contributed by atoms with Crippen LogP contribution in [0, 0.1) is 0 Å². The predicted molar refractivity (Wildman–Crippen MR) is 120 cm³/mol. The lowest BCUT2D eigenvalue weighted by molar-refractivity contribution is -0.113. The van der Waals surface area contributed by atoms with Crippen molar-refractivity contribution in [3.63, 3.8) is 0 Å². The Bertz CT molecular complexity index is 1210. The summed E-state index contributed by atoms with van der Waals surface area (Å²) < 4.78 is 6.67. The number of anilines is 1. The number of carbonyl (C=O) groups is 2. The third-order valence-electron chi connectivity index (χ3n) is 4.40. The molecule has 7 nitrogen and oxygen atoms in total. The number of imidazole rings is 1. The summed E-state index contributed by atoms with van der Waals surface area (Å²) in [5, 5.41) is 8.07. The molecule has 4 rings (SSSR count). The summed E-state index contributed by atoms with van der Waals surface area (Å²) in [6, 6.07) is 20.2. The van der Waals surface area contributed by atoms with Crippen molar-refractivity contribution in [2.45, 2.75) is 11.9 Å². The van der Waals surface area contributed by atoms with Crippen LogP contribution in [0.2, 0.25) is 0 Å². The van der Waals surface area contributed by atoms with Gasteiger partial charge >= 0.3 is 5.97 Å². The van der Waals surface area contributed by atoms with Gasteiger partial charge in [0, 0.05) is 11.3 Å². The minimum atomic E-state index is -0.382. The topological polar surface area (TPSA) is 85.6 Å². The van der Waals surface area contributed by atoms with E-state index in [0.717, 1.165) is 21.9 Å². The van der Waals surface area contributed by atoms with Gasteiger partial charge in [0.1, 0.15) is 5.03 Å². The lowest BCUT2D eigenvalue weighted by atomic mass is 10.2. The number of fused-ring (bicyclic) bond motifs is 1. The molecule has 0 spiro atoms. The minimum absolute atomic E-state index is 0.161. The highest BCUT2D eigenvalue weighted by Crippen LogP contribution is 2.21. The van der Waals surface area contributed by atoms with Gasteiger partial charge in [-0.25, -0.2) is 14.3 Å². The van der Waals surface area contributed by atoms with Crippen LogP contribution in [-0.2, 0) is 9.53 Å². The smallest absolute Gasteiger partial charge is 0.338 e. The van der Waals surface area contributed by atoms with Crippen LogP contribution < -0.4 is 5.32 Å². The Morgan fingerprint density at radius 2 is 1.81 bits per heavy atom. The van der Waals surface area contributed by atoms with Crippen LogP contribution in [0.15, 0.2) is 78.0 Å². The summed E-state index contributed by atoms with van der Waals surface area (Å²) in [6.07, 6.45) is 1.87. The molecule has 0 atom stereocenters. The number of thioether (sulfide) groups is 1. The maximum absolute atomic E-state index is 12.3. The Morgan fingerprint density at radius 1 is 1.03 bits per heavy atom. The van der Waals surface area contributed by atoms with Gasteiger partial charge in [0.05, 0.1) is 29.8 Å². The molecule has 0 saturated carbocycles. The summed E-state index contributed by atoms with van der Waals surface area (Å²) >= 11 is 1.34. The van der Waals surface area contributed by atoms with E-state index in [0.29, 0.717) is 17.9 Å². The molecule has 0 fully saturated rings. The summed E-state index contributed by atoms with van der Waals surface area (Å²) in [6.45, 7) is 2.08. The number of nitrogens with one attached hydrogen (secondary N) is 1. The molecule has 2 aromatic carbocycles. The fourth-order valence-corrected chi connectivity index (χ4v) is 3.59. The van der Waals surface area contributed by atoms with Gasteiger partial charge in [-0.05, 0) is 43.3 Å². The largest absolute Gasteiger partial charge is 0.462 e. The molecule has 0 aliphatic rings. The molecule has 0 bridgehead atoms. The molecule has 8 heteroatoms.